The van der Waals surface area contributed by atoms with Gasteiger partial charge in [0, 0.05) is 5.57 Å². The number of hydrogen-bond acceptors (Lipinski definition) is 4. The second kappa shape index (κ2) is 10.8. The van der Waals surface area contributed by atoms with E-state index in [2.05, 4.69) is 6.58 Å². The van der Waals surface area contributed by atoms with Crippen LogP contribution in [0.15, 0.2) is 42.5 Å². The number of ether oxygens (including phenoxy) is 2. The number of carbonyl (C=O) groups excluding carboxylic acids is 2. The predicted molar refractivity (Wildman–Crippen MR) is 102 cm³/mol. The molecule has 1 saturated carbocycles. The zero-order valence-corrected chi connectivity index (χ0v) is 15.7. The molecule has 0 heterocycles. The zero-order chi connectivity index (χ0) is 18.8. The third kappa shape index (κ3) is 6.32. The van der Waals surface area contributed by atoms with E-state index in [9.17, 15) is 9.59 Å². The molecule has 0 saturated heterocycles. The van der Waals surface area contributed by atoms with Gasteiger partial charge in [-0.15, -0.1) is 0 Å². The van der Waals surface area contributed by atoms with E-state index >= 15 is 0 Å². The van der Waals surface area contributed by atoms with Gasteiger partial charge in [0.05, 0.1) is 18.8 Å². The molecule has 0 radical (unpaired) electrons. The molecule has 0 unspecified atom stereocenters. The molecule has 4 nitrogen and oxygen atoms in total. The Morgan fingerprint density at radius 2 is 1.77 bits per heavy atom. The molecule has 2 rings (SSSR count). The van der Waals surface area contributed by atoms with Crippen molar-refractivity contribution in [2.75, 3.05) is 13.2 Å². The highest BCUT2D eigenvalue weighted by atomic mass is 16.5. The summed E-state index contributed by atoms with van der Waals surface area (Å²) in [7, 11) is 0. The van der Waals surface area contributed by atoms with E-state index in [1.807, 2.05) is 25.1 Å². The van der Waals surface area contributed by atoms with Gasteiger partial charge >= 0.3 is 11.9 Å². The summed E-state index contributed by atoms with van der Waals surface area (Å²) < 4.78 is 10.4. The molecule has 0 bridgehead atoms. The Balaban J connectivity index is 1.74. The number of carbonyl (C=O) groups is 2. The van der Waals surface area contributed by atoms with Gasteiger partial charge in [-0.25, -0.2) is 9.59 Å². The topological polar surface area (TPSA) is 52.6 Å². The smallest absolute Gasteiger partial charge is 0.338 e. The molecule has 0 amide bonds. The third-order valence-electron chi connectivity index (χ3n) is 5.10. The maximum atomic E-state index is 12.0. The van der Waals surface area contributed by atoms with Crippen LogP contribution in [0.1, 0.15) is 62.2 Å². The van der Waals surface area contributed by atoms with Crippen molar-refractivity contribution in [3.63, 3.8) is 0 Å². The van der Waals surface area contributed by atoms with Gasteiger partial charge in [0.15, 0.2) is 0 Å². The summed E-state index contributed by atoms with van der Waals surface area (Å²) in [6.45, 7) is 6.55. The Labute approximate surface area is 156 Å². The van der Waals surface area contributed by atoms with E-state index in [0.29, 0.717) is 42.6 Å². The van der Waals surface area contributed by atoms with Crippen molar-refractivity contribution in [2.45, 2.75) is 51.9 Å². The molecule has 0 N–H and O–H groups in total. The molecule has 1 aromatic carbocycles. The van der Waals surface area contributed by atoms with Gasteiger partial charge in [0.1, 0.15) is 0 Å². The van der Waals surface area contributed by atoms with Gasteiger partial charge in [-0.3, -0.25) is 0 Å². The Morgan fingerprint density at radius 3 is 2.46 bits per heavy atom. The Morgan fingerprint density at radius 1 is 1.08 bits per heavy atom. The van der Waals surface area contributed by atoms with Crippen molar-refractivity contribution >= 4 is 11.9 Å². The molecule has 1 aliphatic rings. The van der Waals surface area contributed by atoms with E-state index < -0.39 is 0 Å². The standard InChI is InChI=1S/C22H30O4/c1-3-25-21(23)17(2)16-20-13-8-7-10-18(20)14-9-15-26-22(24)19-11-5-4-6-12-19/h4-6,11-12,18,20H,2-3,7-10,13-16H2,1H3/t18-,20-/m0/s1. The van der Waals surface area contributed by atoms with Crippen molar-refractivity contribution in [1.29, 1.82) is 0 Å². The molecule has 0 spiro atoms. The van der Waals surface area contributed by atoms with E-state index in [4.69, 9.17) is 9.47 Å². The number of esters is 2. The summed E-state index contributed by atoms with van der Waals surface area (Å²) in [5, 5.41) is 0. The summed E-state index contributed by atoms with van der Waals surface area (Å²) in [5.41, 5.74) is 1.17. The first-order valence-electron chi connectivity index (χ1n) is 9.69. The molecule has 1 aromatic rings. The van der Waals surface area contributed by atoms with Crippen LogP contribution in [0.5, 0.6) is 0 Å². The molecule has 4 heteroatoms. The average molecular weight is 358 g/mol. The maximum Gasteiger partial charge on any atom is 0.338 e. The molecule has 142 valence electrons. The van der Waals surface area contributed by atoms with Gasteiger partial charge in [0.25, 0.3) is 0 Å². The molecule has 0 aromatic heterocycles. The van der Waals surface area contributed by atoms with E-state index in [-0.39, 0.29) is 11.9 Å². The van der Waals surface area contributed by atoms with Crippen molar-refractivity contribution < 1.29 is 19.1 Å². The van der Waals surface area contributed by atoms with Gasteiger partial charge in [-0.1, -0.05) is 44.0 Å². The molecule has 26 heavy (non-hydrogen) atoms. The minimum Gasteiger partial charge on any atom is -0.463 e. The Hall–Kier alpha value is -2.10. The first kappa shape index (κ1) is 20.2. The molecule has 2 atom stereocenters. The summed E-state index contributed by atoms with van der Waals surface area (Å²) in [4.78, 5) is 23.8. The minimum absolute atomic E-state index is 0.263. The predicted octanol–water partition coefficient (Wildman–Crippen LogP) is 4.94. The Kier molecular flexibility index (Phi) is 8.39. The lowest BCUT2D eigenvalue weighted by Gasteiger charge is -2.32. The molecule has 0 aliphatic heterocycles. The van der Waals surface area contributed by atoms with Crippen LogP contribution in [-0.4, -0.2) is 25.2 Å². The normalized spacial score (nSPS) is 19.6. The van der Waals surface area contributed by atoms with Crippen molar-refractivity contribution in [1.82, 2.24) is 0 Å². The van der Waals surface area contributed by atoms with Crippen LogP contribution in [0.4, 0.5) is 0 Å². The second-order valence-electron chi connectivity index (χ2n) is 6.98. The van der Waals surface area contributed by atoms with E-state index in [1.165, 1.54) is 19.3 Å². The lowest BCUT2D eigenvalue weighted by molar-refractivity contribution is -0.138. The third-order valence-corrected chi connectivity index (χ3v) is 5.10. The van der Waals surface area contributed by atoms with Gasteiger partial charge < -0.3 is 9.47 Å². The lowest BCUT2D eigenvalue weighted by Crippen LogP contribution is -2.22. The number of hydrogen-bond donors (Lipinski definition) is 0. The fraction of sp³-hybridized carbons (Fsp3) is 0.545. The monoisotopic (exact) mass is 358 g/mol. The van der Waals surface area contributed by atoms with Gasteiger partial charge in [-0.05, 0) is 56.6 Å². The maximum absolute atomic E-state index is 12.0. The second-order valence-corrected chi connectivity index (χ2v) is 6.98. The Bertz CT molecular complexity index is 593. The molecular formula is C22H30O4. The number of rotatable bonds is 9. The summed E-state index contributed by atoms with van der Waals surface area (Å²) in [5.74, 6) is 0.505. The largest absolute Gasteiger partial charge is 0.463 e. The van der Waals surface area contributed by atoms with Crippen molar-refractivity contribution in [3.05, 3.63) is 48.0 Å². The first-order valence-corrected chi connectivity index (χ1v) is 9.69. The van der Waals surface area contributed by atoms with Crippen LogP contribution in [0.25, 0.3) is 0 Å². The van der Waals surface area contributed by atoms with Gasteiger partial charge in [0.2, 0.25) is 0 Å². The highest BCUT2D eigenvalue weighted by Crippen LogP contribution is 2.37. The van der Waals surface area contributed by atoms with Crippen LogP contribution < -0.4 is 0 Å². The van der Waals surface area contributed by atoms with Gasteiger partial charge in [-0.2, -0.15) is 0 Å². The zero-order valence-electron chi connectivity index (χ0n) is 15.7. The first-order chi connectivity index (χ1) is 12.6. The van der Waals surface area contributed by atoms with Crippen molar-refractivity contribution in [2.24, 2.45) is 11.8 Å². The highest BCUT2D eigenvalue weighted by molar-refractivity contribution is 5.89. The quantitative estimate of drug-likeness (QED) is 0.356. The average Bonchev–Trinajstić information content (AvgIpc) is 2.67. The van der Waals surface area contributed by atoms with Crippen LogP contribution in [0, 0.1) is 11.8 Å². The van der Waals surface area contributed by atoms with Crippen LogP contribution >= 0.6 is 0 Å². The van der Waals surface area contributed by atoms with E-state index in [0.717, 1.165) is 19.3 Å². The molecule has 1 fully saturated rings. The summed E-state index contributed by atoms with van der Waals surface area (Å²) in [6.07, 6.45) is 7.33. The summed E-state index contributed by atoms with van der Waals surface area (Å²) in [6, 6.07) is 9.07. The fourth-order valence-electron chi connectivity index (χ4n) is 3.73. The minimum atomic E-state index is -0.270. The van der Waals surface area contributed by atoms with Crippen LogP contribution in [0.3, 0.4) is 0 Å². The van der Waals surface area contributed by atoms with Crippen LogP contribution in [0.2, 0.25) is 0 Å². The molecule has 1 aliphatic carbocycles. The SMILES string of the molecule is C=C(C[C@@H]1CCCC[C@H]1CCCOC(=O)c1ccccc1)C(=O)OCC. The van der Waals surface area contributed by atoms with Crippen molar-refractivity contribution in [3.8, 4) is 0 Å². The highest BCUT2D eigenvalue weighted by Gasteiger charge is 2.27. The lowest BCUT2D eigenvalue weighted by atomic mass is 9.74. The van der Waals surface area contributed by atoms with Crippen LogP contribution in [-0.2, 0) is 14.3 Å². The van der Waals surface area contributed by atoms with E-state index in [1.54, 1.807) is 12.1 Å². The fourth-order valence-corrected chi connectivity index (χ4v) is 3.73. The number of benzene rings is 1. The molecular weight excluding hydrogens is 328 g/mol. The summed E-state index contributed by atoms with van der Waals surface area (Å²) >= 11 is 0.